The lowest BCUT2D eigenvalue weighted by atomic mass is 10.0. The van der Waals surface area contributed by atoms with E-state index >= 15 is 0 Å². The number of rotatable bonds is 5. The Morgan fingerprint density at radius 3 is 2.68 bits per heavy atom. The molecule has 2 aromatic heterocycles. The maximum absolute atomic E-state index is 13.9. The molecule has 0 aliphatic carbocycles. The Balaban J connectivity index is 1.87. The maximum atomic E-state index is 13.9. The van der Waals surface area contributed by atoms with Crippen LogP contribution in [-0.4, -0.2) is 53.5 Å². The number of aryl methyl sites for hydroxylation is 2. The fourth-order valence-electron chi connectivity index (χ4n) is 4.07. The van der Waals surface area contributed by atoms with Crippen LogP contribution in [-0.2, 0) is 10.0 Å². The summed E-state index contributed by atoms with van der Waals surface area (Å²) in [7, 11) is -0.159. The summed E-state index contributed by atoms with van der Waals surface area (Å²) in [6, 6.07) is 5.69. The molecule has 1 aliphatic heterocycles. The average Bonchev–Trinajstić information content (AvgIpc) is 3.35. The van der Waals surface area contributed by atoms with Gasteiger partial charge in [0.2, 0.25) is 16.0 Å². The van der Waals surface area contributed by atoms with Crippen molar-refractivity contribution in [3.8, 4) is 11.1 Å². The molecular formula is C21H25FN6O2S. The molecule has 0 amide bonds. The number of halogens is 1. The van der Waals surface area contributed by atoms with Crippen LogP contribution in [0.25, 0.3) is 11.1 Å². The molecule has 0 spiro atoms. The summed E-state index contributed by atoms with van der Waals surface area (Å²) in [4.78, 5) is 11.1. The Morgan fingerprint density at radius 1 is 1.26 bits per heavy atom. The largest absolute Gasteiger partial charge is 0.347 e. The van der Waals surface area contributed by atoms with E-state index in [0.29, 0.717) is 53.5 Å². The number of sulfonamides is 1. The lowest BCUT2D eigenvalue weighted by Gasteiger charge is -2.26. The Labute approximate surface area is 181 Å². The van der Waals surface area contributed by atoms with Gasteiger partial charge in [0.15, 0.2) is 0 Å². The van der Waals surface area contributed by atoms with E-state index in [1.807, 2.05) is 14.1 Å². The van der Waals surface area contributed by atoms with E-state index in [1.54, 1.807) is 37.1 Å². The van der Waals surface area contributed by atoms with Crippen LogP contribution in [0, 0.1) is 19.7 Å². The Hall–Kier alpha value is -2.85. The predicted molar refractivity (Wildman–Crippen MR) is 116 cm³/mol. The van der Waals surface area contributed by atoms with Gasteiger partial charge < -0.3 is 4.90 Å². The van der Waals surface area contributed by atoms with Crippen molar-refractivity contribution in [3.63, 3.8) is 0 Å². The molecule has 1 aliphatic rings. The SMILES string of the molecule is Cc1n[nH]c(C)c1S(=O)(=O)N1CCC[C@H]1c1nc(N(C)C)ncc1-c1cccc(F)c1. The quantitative estimate of drug-likeness (QED) is 0.649. The van der Waals surface area contributed by atoms with E-state index in [-0.39, 0.29) is 10.7 Å². The highest BCUT2D eigenvalue weighted by atomic mass is 32.2. The smallest absolute Gasteiger partial charge is 0.247 e. The molecule has 0 radical (unpaired) electrons. The first kappa shape index (κ1) is 21.4. The molecule has 0 unspecified atom stereocenters. The number of hydrogen-bond donors (Lipinski definition) is 1. The number of anilines is 1. The van der Waals surface area contributed by atoms with Crippen molar-refractivity contribution in [2.45, 2.75) is 37.6 Å². The number of nitrogens with zero attached hydrogens (tertiary/aromatic N) is 5. The zero-order valence-corrected chi connectivity index (χ0v) is 18.7. The first-order valence-electron chi connectivity index (χ1n) is 10.0. The van der Waals surface area contributed by atoms with Crippen LogP contribution in [0.3, 0.4) is 0 Å². The number of nitrogens with one attached hydrogen (secondary N) is 1. The normalized spacial score (nSPS) is 17.3. The van der Waals surface area contributed by atoms with Crippen LogP contribution in [0.1, 0.15) is 36.0 Å². The van der Waals surface area contributed by atoms with Crippen LogP contribution in [0.2, 0.25) is 0 Å². The van der Waals surface area contributed by atoms with Gasteiger partial charge in [0.25, 0.3) is 0 Å². The number of hydrogen-bond acceptors (Lipinski definition) is 6. The zero-order chi connectivity index (χ0) is 22.3. The lowest BCUT2D eigenvalue weighted by Crippen LogP contribution is -2.32. The second kappa shape index (κ2) is 8.01. The molecule has 31 heavy (non-hydrogen) atoms. The molecule has 3 aromatic rings. The molecule has 1 atom stereocenters. The Bertz CT molecular complexity index is 1200. The van der Waals surface area contributed by atoms with E-state index in [4.69, 9.17) is 4.98 Å². The summed E-state index contributed by atoms with van der Waals surface area (Å²) in [5, 5.41) is 6.82. The topological polar surface area (TPSA) is 95.1 Å². The fourth-order valence-corrected chi connectivity index (χ4v) is 6.07. The standard InChI is InChI=1S/C21H25FN6O2S/c1-13-20(14(2)26-25-13)31(29,30)28-10-6-9-18(28)19-17(12-23-21(24-19)27(3)4)15-7-5-8-16(22)11-15/h5,7-8,11-12,18H,6,9-10H2,1-4H3,(H,25,26)/t18-/m0/s1. The van der Waals surface area contributed by atoms with E-state index in [1.165, 1.54) is 16.4 Å². The zero-order valence-electron chi connectivity index (χ0n) is 17.9. The maximum Gasteiger partial charge on any atom is 0.247 e. The molecular weight excluding hydrogens is 419 g/mol. The number of aromatic nitrogens is 4. The van der Waals surface area contributed by atoms with Crippen LogP contribution in [0.4, 0.5) is 10.3 Å². The molecule has 8 nitrogen and oxygen atoms in total. The summed E-state index contributed by atoms with van der Waals surface area (Å²) in [5.74, 6) is 0.0933. The molecule has 1 saturated heterocycles. The summed E-state index contributed by atoms with van der Waals surface area (Å²) >= 11 is 0. The van der Waals surface area contributed by atoms with Crippen LogP contribution < -0.4 is 4.90 Å². The number of aromatic amines is 1. The lowest BCUT2D eigenvalue weighted by molar-refractivity contribution is 0.390. The van der Waals surface area contributed by atoms with Gasteiger partial charge in [-0.1, -0.05) is 12.1 Å². The highest BCUT2D eigenvalue weighted by Gasteiger charge is 2.40. The fraction of sp³-hybridized carbons (Fsp3) is 0.381. The van der Waals surface area contributed by atoms with Crippen molar-refractivity contribution >= 4 is 16.0 Å². The van der Waals surface area contributed by atoms with Crippen LogP contribution in [0.5, 0.6) is 0 Å². The third-order valence-electron chi connectivity index (χ3n) is 5.49. The molecule has 1 fully saturated rings. The molecule has 10 heteroatoms. The second-order valence-electron chi connectivity index (χ2n) is 7.91. The molecule has 1 aromatic carbocycles. The van der Waals surface area contributed by atoms with Crippen LogP contribution >= 0.6 is 0 Å². The van der Waals surface area contributed by atoms with Gasteiger partial charge in [0.05, 0.1) is 23.1 Å². The highest BCUT2D eigenvalue weighted by Crippen LogP contribution is 2.41. The van der Waals surface area contributed by atoms with Crippen LogP contribution in [0.15, 0.2) is 35.4 Å². The summed E-state index contributed by atoms with van der Waals surface area (Å²) in [5.41, 5.74) is 2.75. The summed E-state index contributed by atoms with van der Waals surface area (Å²) in [6.45, 7) is 3.75. The number of benzene rings is 1. The average molecular weight is 445 g/mol. The van der Waals surface area contributed by atoms with Crippen molar-refractivity contribution < 1.29 is 12.8 Å². The number of H-pyrrole nitrogens is 1. The second-order valence-corrected chi connectivity index (χ2v) is 9.74. The van der Waals surface area contributed by atoms with Crippen molar-refractivity contribution in [1.82, 2.24) is 24.5 Å². The molecule has 0 saturated carbocycles. The third kappa shape index (κ3) is 3.81. The predicted octanol–water partition coefficient (Wildman–Crippen LogP) is 3.21. The molecule has 4 rings (SSSR count). The van der Waals surface area contributed by atoms with E-state index in [0.717, 1.165) is 0 Å². The van der Waals surface area contributed by atoms with Crippen molar-refractivity contribution in [2.24, 2.45) is 0 Å². The van der Waals surface area contributed by atoms with Crippen molar-refractivity contribution in [1.29, 1.82) is 0 Å². The van der Waals surface area contributed by atoms with Gasteiger partial charge in [-0.2, -0.15) is 9.40 Å². The van der Waals surface area contributed by atoms with Crippen molar-refractivity contribution in [2.75, 3.05) is 25.5 Å². The summed E-state index contributed by atoms with van der Waals surface area (Å²) < 4.78 is 42.6. The van der Waals surface area contributed by atoms with Gasteiger partial charge in [0.1, 0.15) is 10.7 Å². The molecule has 3 heterocycles. The van der Waals surface area contributed by atoms with Gasteiger partial charge in [0, 0.05) is 32.4 Å². The molecule has 0 bridgehead atoms. The van der Waals surface area contributed by atoms with E-state index in [2.05, 4.69) is 15.2 Å². The molecule has 164 valence electrons. The van der Waals surface area contributed by atoms with Gasteiger partial charge in [-0.15, -0.1) is 0 Å². The van der Waals surface area contributed by atoms with Crippen molar-refractivity contribution in [3.05, 3.63) is 53.4 Å². The van der Waals surface area contributed by atoms with E-state index in [9.17, 15) is 12.8 Å². The Morgan fingerprint density at radius 2 is 2.03 bits per heavy atom. The molecule has 1 N–H and O–H groups in total. The highest BCUT2D eigenvalue weighted by molar-refractivity contribution is 7.89. The summed E-state index contributed by atoms with van der Waals surface area (Å²) in [6.07, 6.45) is 2.95. The van der Waals surface area contributed by atoms with Gasteiger partial charge >= 0.3 is 0 Å². The first-order valence-corrected chi connectivity index (χ1v) is 11.5. The van der Waals surface area contributed by atoms with Gasteiger partial charge in [-0.3, -0.25) is 5.10 Å². The minimum absolute atomic E-state index is 0.202. The van der Waals surface area contributed by atoms with Gasteiger partial charge in [-0.05, 0) is 44.4 Å². The monoisotopic (exact) mass is 444 g/mol. The minimum atomic E-state index is -3.80. The van der Waals surface area contributed by atoms with Gasteiger partial charge in [-0.25, -0.2) is 22.8 Å². The van der Waals surface area contributed by atoms with E-state index < -0.39 is 16.1 Å². The minimum Gasteiger partial charge on any atom is -0.347 e. The third-order valence-corrected chi connectivity index (χ3v) is 7.66. The Kier molecular flexibility index (Phi) is 5.52. The first-order chi connectivity index (χ1) is 14.7.